The van der Waals surface area contributed by atoms with Crippen LogP contribution in [-0.4, -0.2) is 14.8 Å². The Balaban J connectivity index is 2.21. The molecule has 18 heavy (non-hydrogen) atoms. The molecule has 1 aromatic heterocycles. The first-order valence-corrected chi connectivity index (χ1v) is 6.12. The maximum absolute atomic E-state index is 5.71. The average Bonchev–Trinajstić information content (AvgIpc) is 2.76. The number of anilines is 1. The molecule has 2 rings (SSSR count). The van der Waals surface area contributed by atoms with Crippen LogP contribution >= 0.6 is 12.2 Å². The second-order valence-corrected chi connectivity index (χ2v) is 4.66. The molecular weight excluding hydrogens is 244 g/mol. The van der Waals surface area contributed by atoms with E-state index in [1.807, 2.05) is 43.7 Å². The molecule has 1 atom stereocenters. The van der Waals surface area contributed by atoms with Gasteiger partial charge in [-0.3, -0.25) is 4.68 Å². The normalized spacial score (nSPS) is 12.1. The van der Waals surface area contributed by atoms with Crippen LogP contribution in [0.1, 0.15) is 24.1 Å². The SMILES string of the molecule is CC(Nc1ccccc1C(N)=S)c1cnn(C)c1. The van der Waals surface area contributed by atoms with Gasteiger partial charge < -0.3 is 11.1 Å². The minimum atomic E-state index is 0.147. The van der Waals surface area contributed by atoms with Gasteiger partial charge in [-0.2, -0.15) is 5.10 Å². The quantitative estimate of drug-likeness (QED) is 0.828. The Kier molecular flexibility index (Phi) is 3.62. The molecule has 0 fully saturated rings. The molecule has 0 aliphatic rings. The Morgan fingerprint density at radius 1 is 1.44 bits per heavy atom. The molecule has 0 aliphatic heterocycles. The summed E-state index contributed by atoms with van der Waals surface area (Å²) in [6.45, 7) is 2.08. The number of nitrogens with two attached hydrogens (primary N) is 1. The lowest BCUT2D eigenvalue weighted by molar-refractivity contribution is 0.765. The van der Waals surface area contributed by atoms with Gasteiger partial charge in [0.1, 0.15) is 4.99 Å². The summed E-state index contributed by atoms with van der Waals surface area (Å²) in [4.78, 5) is 0.400. The van der Waals surface area contributed by atoms with Crippen LogP contribution in [0.15, 0.2) is 36.7 Å². The molecule has 2 aromatic rings. The van der Waals surface area contributed by atoms with Gasteiger partial charge >= 0.3 is 0 Å². The number of para-hydroxylation sites is 1. The standard InChI is InChI=1S/C13H16N4S/c1-9(10-7-15-17(2)8-10)16-12-6-4-3-5-11(12)13(14)18/h3-9,16H,1-2H3,(H2,14,18). The molecule has 5 heteroatoms. The van der Waals surface area contributed by atoms with Crippen molar-refractivity contribution >= 4 is 22.9 Å². The molecule has 0 saturated heterocycles. The molecule has 3 N–H and O–H groups in total. The number of nitrogens with zero attached hydrogens (tertiary/aromatic N) is 2. The van der Waals surface area contributed by atoms with Crippen LogP contribution in [0.3, 0.4) is 0 Å². The first-order chi connectivity index (χ1) is 8.58. The lowest BCUT2D eigenvalue weighted by atomic mass is 10.1. The van der Waals surface area contributed by atoms with E-state index in [9.17, 15) is 0 Å². The molecule has 0 saturated carbocycles. The summed E-state index contributed by atoms with van der Waals surface area (Å²) in [5.41, 5.74) is 8.64. The van der Waals surface area contributed by atoms with Crippen molar-refractivity contribution in [2.24, 2.45) is 12.8 Å². The Labute approximate surface area is 112 Å². The smallest absolute Gasteiger partial charge is 0.106 e. The van der Waals surface area contributed by atoms with Crippen molar-refractivity contribution in [1.82, 2.24) is 9.78 Å². The van der Waals surface area contributed by atoms with Gasteiger partial charge in [-0.25, -0.2) is 0 Å². The third kappa shape index (κ3) is 2.68. The van der Waals surface area contributed by atoms with E-state index < -0.39 is 0 Å². The Bertz CT molecular complexity index is 562. The maximum Gasteiger partial charge on any atom is 0.106 e. The van der Waals surface area contributed by atoms with Gasteiger partial charge in [0.05, 0.1) is 12.2 Å². The summed E-state index contributed by atoms with van der Waals surface area (Å²) in [6.07, 6.45) is 3.84. The highest BCUT2D eigenvalue weighted by Crippen LogP contribution is 2.21. The van der Waals surface area contributed by atoms with Crippen LogP contribution in [0.5, 0.6) is 0 Å². The zero-order chi connectivity index (χ0) is 13.1. The summed E-state index contributed by atoms with van der Waals surface area (Å²) in [5, 5.41) is 7.56. The lowest BCUT2D eigenvalue weighted by Gasteiger charge is -2.16. The molecule has 4 nitrogen and oxygen atoms in total. The van der Waals surface area contributed by atoms with Crippen molar-refractivity contribution in [2.45, 2.75) is 13.0 Å². The fourth-order valence-electron chi connectivity index (χ4n) is 1.80. The van der Waals surface area contributed by atoms with Gasteiger partial charge in [0, 0.05) is 30.1 Å². The van der Waals surface area contributed by atoms with Crippen molar-refractivity contribution in [1.29, 1.82) is 0 Å². The van der Waals surface area contributed by atoms with E-state index in [-0.39, 0.29) is 6.04 Å². The fourth-order valence-corrected chi connectivity index (χ4v) is 1.98. The van der Waals surface area contributed by atoms with Crippen molar-refractivity contribution in [2.75, 3.05) is 5.32 Å². The Morgan fingerprint density at radius 3 is 2.78 bits per heavy atom. The van der Waals surface area contributed by atoms with Crippen molar-refractivity contribution in [3.63, 3.8) is 0 Å². The van der Waals surface area contributed by atoms with E-state index in [1.165, 1.54) is 0 Å². The monoisotopic (exact) mass is 260 g/mol. The van der Waals surface area contributed by atoms with Gasteiger partial charge in [-0.05, 0) is 19.1 Å². The summed E-state index contributed by atoms with van der Waals surface area (Å²) >= 11 is 5.04. The Hall–Kier alpha value is -1.88. The number of aryl methyl sites for hydroxylation is 1. The van der Waals surface area contributed by atoms with Gasteiger partial charge in [0.25, 0.3) is 0 Å². The van der Waals surface area contributed by atoms with Crippen LogP contribution in [0, 0.1) is 0 Å². The lowest BCUT2D eigenvalue weighted by Crippen LogP contribution is -2.14. The second kappa shape index (κ2) is 5.18. The van der Waals surface area contributed by atoms with Crippen LogP contribution in [0.25, 0.3) is 0 Å². The van der Waals surface area contributed by atoms with Crippen molar-refractivity contribution < 1.29 is 0 Å². The van der Waals surface area contributed by atoms with E-state index >= 15 is 0 Å². The first kappa shape index (κ1) is 12.6. The minimum Gasteiger partial charge on any atom is -0.389 e. The average molecular weight is 260 g/mol. The Morgan fingerprint density at radius 2 is 2.17 bits per heavy atom. The number of thiocarbonyl (C=S) groups is 1. The third-order valence-corrected chi connectivity index (χ3v) is 3.01. The van der Waals surface area contributed by atoms with Crippen molar-refractivity contribution in [3.05, 3.63) is 47.8 Å². The minimum absolute atomic E-state index is 0.147. The summed E-state index contributed by atoms with van der Waals surface area (Å²) < 4.78 is 1.78. The zero-order valence-corrected chi connectivity index (χ0v) is 11.2. The number of benzene rings is 1. The zero-order valence-electron chi connectivity index (χ0n) is 10.4. The highest BCUT2D eigenvalue weighted by Gasteiger charge is 2.10. The van der Waals surface area contributed by atoms with Gasteiger partial charge in [0.2, 0.25) is 0 Å². The summed E-state index contributed by atoms with van der Waals surface area (Å²) in [5.74, 6) is 0. The van der Waals surface area contributed by atoms with E-state index in [4.69, 9.17) is 18.0 Å². The highest BCUT2D eigenvalue weighted by atomic mass is 32.1. The molecule has 1 unspecified atom stereocenters. The predicted octanol–water partition coefficient (Wildman–Crippen LogP) is 2.23. The molecule has 94 valence electrons. The molecule has 0 amide bonds. The summed E-state index contributed by atoms with van der Waals surface area (Å²) in [7, 11) is 1.90. The van der Waals surface area contributed by atoms with Gasteiger partial charge in [0.15, 0.2) is 0 Å². The van der Waals surface area contributed by atoms with Crippen LogP contribution in [-0.2, 0) is 7.05 Å². The number of hydrogen-bond acceptors (Lipinski definition) is 3. The maximum atomic E-state index is 5.71. The molecule has 0 spiro atoms. The molecule has 0 radical (unpaired) electrons. The number of aromatic nitrogens is 2. The van der Waals surface area contributed by atoms with Crippen LogP contribution < -0.4 is 11.1 Å². The third-order valence-electron chi connectivity index (χ3n) is 2.79. The largest absolute Gasteiger partial charge is 0.389 e. The highest BCUT2D eigenvalue weighted by molar-refractivity contribution is 7.80. The van der Waals surface area contributed by atoms with Crippen LogP contribution in [0.2, 0.25) is 0 Å². The molecule has 0 aliphatic carbocycles. The summed E-state index contributed by atoms with van der Waals surface area (Å²) in [6, 6.07) is 7.92. The number of rotatable bonds is 4. The van der Waals surface area contributed by atoms with Crippen molar-refractivity contribution in [3.8, 4) is 0 Å². The van der Waals surface area contributed by atoms with Gasteiger partial charge in [-0.15, -0.1) is 0 Å². The van der Waals surface area contributed by atoms with E-state index in [0.717, 1.165) is 16.8 Å². The molecular formula is C13H16N4S. The van der Waals surface area contributed by atoms with E-state index in [0.29, 0.717) is 4.99 Å². The van der Waals surface area contributed by atoms with Crippen LogP contribution in [0.4, 0.5) is 5.69 Å². The molecule has 1 heterocycles. The molecule has 1 aromatic carbocycles. The predicted molar refractivity (Wildman–Crippen MR) is 77.6 cm³/mol. The first-order valence-electron chi connectivity index (χ1n) is 5.72. The fraction of sp³-hybridized carbons (Fsp3) is 0.231. The number of hydrogen-bond donors (Lipinski definition) is 2. The topological polar surface area (TPSA) is 55.9 Å². The molecule has 0 bridgehead atoms. The van der Waals surface area contributed by atoms with E-state index in [2.05, 4.69) is 17.3 Å². The second-order valence-electron chi connectivity index (χ2n) is 4.22. The number of nitrogens with one attached hydrogen (secondary N) is 1. The van der Waals surface area contributed by atoms with E-state index in [1.54, 1.807) is 4.68 Å². The van der Waals surface area contributed by atoms with Gasteiger partial charge in [-0.1, -0.05) is 24.4 Å².